The summed E-state index contributed by atoms with van der Waals surface area (Å²) in [6.45, 7) is 4.75. The Morgan fingerprint density at radius 3 is 2.74 bits per heavy atom. The Morgan fingerprint density at radius 1 is 1.30 bits per heavy atom. The number of carbonyl (C=O) groups excluding carboxylic acids is 1. The molecule has 2 aliphatic carbocycles. The highest BCUT2D eigenvalue weighted by Gasteiger charge is 2.53. The lowest BCUT2D eigenvalue weighted by Crippen LogP contribution is -2.43. The Kier molecular flexibility index (Phi) is 4.77. The van der Waals surface area contributed by atoms with Gasteiger partial charge in [0.2, 0.25) is 0 Å². The third-order valence-corrected chi connectivity index (χ3v) is 6.38. The molecule has 0 saturated heterocycles. The van der Waals surface area contributed by atoms with E-state index in [1.54, 1.807) is 0 Å². The summed E-state index contributed by atoms with van der Waals surface area (Å²) in [5.41, 5.74) is 0.834. The van der Waals surface area contributed by atoms with Crippen molar-refractivity contribution in [3.8, 4) is 0 Å². The van der Waals surface area contributed by atoms with E-state index in [4.69, 9.17) is 4.74 Å². The second-order valence-corrected chi connectivity index (χ2v) is 7.66. The summed E-state index contributed by atoms with van der Waals surface area (Å²) in [6, 6.07) is 9.28. The summed E-state index contributed by atoms with van der Waals surface area (Å²) in [6.07, 6.45) is 5.54. The molecule has 3 heteroatoms. The molecule has 5 atom stereocenters. The SMILES string of the molecule is C[C@H](CO)[C@H]1CC[C@@H]2[C@@H](OC(=O)c3ccccc3)CCC[C@]12C. The number of aliphatic hydroxyl groups is 1. The number of carbonyl (C=O) groups is 1. The third kappa shape index (κ3) is 3.03. The van der Waals surface area contributed by atoms with Gasteiger partial charge in [-0.15, -0.1) is 0 Å². The van der Waals surface area contributed by atoms with Crippen LogP contribution in [0.3, 0.4) is 0 Å². The van der Waals surface area contributed by atoms with Crippen LogP contribution in [0.5, 0.6) is 0 Å². The zero-order valence-corrected chi connectivity index (χ0v) is 14.2. The van der Waals surface area contributed by atoms with Gasteiger partial charge in [-0.3, -0.25) is 0 Å². The highest BCUT2D eigenvalue weighted by Crippen LogP contribution is 2.58. The first-order valence-electron chi connectivity index (χ1n) is 8.93. The molecule has 2 saturated carbocycles. The molecule has 0 aromatic heterocycles. The van der Waals surface area contributed by atoms with Crippen LogP contribution in [0.2, 0.25) is 0 Å². The van der Waals surface area contributed by atoms with E-state index in [1.807, 2.05) is 30.3 Å². The van der Waals surface area contributed by atoms with Gasteiger partial charge < -0.3 is 9.84 Å². The normalized spacial score (nSPS) is 34.7. The third-order valence-electron chi connectivity index (χ3n) is 6.38. The Morgan fingerprint density at radius 2 is 2.04 bits per heavy atom. The number of hydrogen-bond acceptors (Lipinski definition) is 3. The molecule has 1 aromatic rings. The van der Waals surface area contributed by atoms with Gasteiger partial charge in [-0.05, 0) is 61.5 Å². The van der Waals surface area contributed by atoms with Gasteiger partial charge in [-0.1, -0.05) is 32.0 Å². The fourth-order valence-corrected chi connectivity index (χ4v) is 5.14. The Labute approximate surface area is 139 Å². The largest absolute Gasteiger partial charge is 0.458 e. The van der Waals surface area contributed by atoms with Crippen molar-refractivity contribution >= 4 is 5.97 Å². The van der Waals surface area contributed by atoms with E-state index in [0.29, 0.717) is 23.3 Å². The lowest BCUT2D eigenvalue weighted by atomic mass is 9.62. The predicted octanol–water partition coefficient (Wildman–Crippen LogP) is 4.06. The molecule has 126 valence electrons. The minimum Gasteiger partial charge on any atom is -0.458 e. The van der Waals surface area contributed by atoms with Crippen LogP contribution in [0, 0.1) is 23.2 Å². The highest BCUT2D eigenvalue weighted by molar-refractivity contribution is 5.89. The van der Waals surface area contributed by atoms with Crippen LogP contribution in [0.1, 0.15) is 56.3 Å². The molecule has 0 aliphatic heterocycles. The van der Waals surface area contributed by atoms with E-state index in [2.05, 4.69) is 13.8 Å². The summed E-state index contributed by atoms with van der Waals surface area (Å²) in [5, 5.41) is 9.57. The number of aliphatic hydroxyl groups excluding tert-OH is 1. The van der Waals surface area contributed by atoms with E-state index >= 15 is 0 Å². The molecule has 3 rings (SSSR count). The first-order chi connectivity index (χ1) is 11.1. The zero-order valence-electron chi connectivity index (χ0n) is 14.2. The van der Waals surface area contributed by atoms with Crippen LogP contribution in [0.4, 0.5) is 0 Å². The molecule has 2 aliphatic rings. The van der Waals surface area contributed by atoms with Crippen LogP contribution >= 0.6 is 0 Å². The average molecular weight is 316 g/mol. The van der Waals surface area contributed by atoms with Crippen molar-refractivity contribution in [2.45, 2.75) is 52.1 Å². The van der Waals surface area contributed by atoms with Crippen LogP contribution in [-0.4, -0.2) is 23.8 Å². The van der Waals surface area contributed by atoms with Crippen molar-refractivity contribution in [2.75, 3.05) is 6.61 Å². The quantitative estimate of drug-likeness (QED) is 0.852. The molecule has 23 heavy (non-hydrogen) atoms. The second-order valence-electron chi connectivity index (χ2n) is 7.66. The van der Waals surface area contributed by atoms with Crippen LogP contribution in [-0.2, 0) is 4.74 Å². The van der Waals surface area contributed by atoms with Crippen molar-refractivity contribution in [1.82, 2.24) is 0 Å². The zero-order chi connectivity index (χ0) is 16.4. The topological polar surface area (TPSA) is 46.5 Å². The molecule has 1 N–H and O–H groups in total. The molecule has 0 bridgehead atoms. The van der Waals surface area contributed by atoms with Crippen molar-refractivity contribution < 1.29 is 14.6 Å². The van der Waals surface area contributed by atoms with Gasteiger partial charge in [0.1, 0.15) is 6.10 Å². The summed E-state index contributed by atoms with van der Waals surface area (Å²) >= 11 is 0. The van der Waals surface area contributed by atoms with Crippen LogP contribution < -0.4 is 0 Å². The first-order valence-corrected chi connectivity index (χ1v) is 8.93. The Hall–Kier alpha value is -1.35. The van der Waals surface area contributed by atoms with Crippen LogP contribution in [0.25, 0.3) is 0 Å². The Balaban J connectivity index is 1.74. The van der Waals surface area contributed by atoms with Gasteiger partial charge in [-0.25, -0.2) is 4.79 Å². The molecule has 0 unspecified atom stereocenters. The molecule has 3 nitrogen and oxygen atoms in total. The second kappa shape index (κ2) is 6.64. The smallest absolute Gasteiger partial charge is 0.338 e. The number of hydrogen-bond donors (Lipinski definition) is 1. The molecule has 0 heterocycles. The van der Waals surface area contributed by atoms with Crippen molar-refractivity contribution in [1.29, 1.82) is 0 Å². The van der Waals surface area contributed by atoms with Gasteiger partial charge in [0.15, 0.2) is 0 Å². The number of fused-ring (bicyclic) bond motifs is 1. The van der Waals surface area contributed by atoms with Crippen molar-refractivity contribution in [3.05, 3.63) is 35.9 Å². The summed E-state index contributed by atoms with van der Waals surface area (Å²) < 4.78 is 5.92. The maximum atomic E-state index is 12.4. The molecule has 0 amide bonds. The fourth-order valence-electron chi connectivity index (χ4n) is 5.14. The number of ether oxygens (including phenoxy) is 1. The molecule has 1 aromatic carbocycles. The van der Waals surface area contributed by atoms with Gasteiger partial charge >= 0.3 is 5.97 Å². The molecule has 0 spiro atoms. The number of esters is 1. The van der Waals surface area contributed by atoms with Crippen LogP contribution in [0.15, 0.2) is 30.3 Å². The molecular formula is C20H28O3. The van der Waals surface area contributed by atoms with Gasteiger partial charge in [0, 0.05) is 12.5 Å². The fraction of sp³-hybridized carbons (Fsp3) is 0.650. The van der Waals surface area contributed by atoms with Gasteiger partial charge in [0.05, 0.1) is 5.56 Å². The van der Waals surface area contributed by atoms with Gasteiger partial charge in [0.25, 0.3) is 0 Å². The van der Waals surface area contributed by atoms with E-state index in [0.717, 1.165) is 25.7 Å². The van der Waals surface area contributed by atoms with Crippen molar-refractivity contribution in [3.63, 3.8) is 0 Å². The summed E-state index contributed by atoms with van der Waals surface area (Å²) in [5.74, 6) is 1.10. The average Bonchev–Trinajstić information content (AvgIpc) is 2.93. The number of benzene rings is 1. The van der Waals surface area contributed by atoms with E-state index in [-0.39, 0.29) is 24.1 Å². The lowest BCUT2D eigenvalue weighted by molar-refractivity contribution is -0.0498. The summed E-state index contributed by atoms with van der Waals surface area (Å²) in [4.78, 5) is 12.4. The standard InChI is InChI=1S/C20H28O3/c1-14(13-21)16-10-11-17-18(9-6-12-20(16,17)2)23-19(22)15-7-4-3-5-8-15/h3-5,7-8,14,16-18,21H,6,9-13H2,1-2H3/t14-,16-,17-,18+,20-/m1/s1. The van der Waals surface area contributed by atoms with E-state index in [9.17, 15) is 9.90 Å². The van der Waals surface area contributed by atoms with Gasteiger partial charge in [-0.2, -0.15) is 0 Å². The number of rotatable bonds is 4. The Bertz CT molecular complexity index is 541. The highest BCUT2D eigenvalue weighted by atomic mass is 16.5. The lowest BCUT2D eigenvalue weighted by Gasteiger charge is -2.46. The first kappa shape index (κ1) is 16.5. The van der Waals surface area contributed by atoms with E-state index < -0.39 is 0 Å². The minimum absolute atomic E-state index is 0.0253. The molecular weight excluding hydrogens is 288 g/mol. The minimum atomic E-state index is -0.196. The summed E-state index contributed by atoms with van der Waals surface area (Å²) in [7, 11) is 0. The molecule has 2 fully saturated rings. The predicted molar refractivity (Wildman–Crippen MR) is 90.1 cm³/mol. The van der Waals surface area contributed by atoms with E-state index in [1.165, 1.54) is 6.42 Å². The monoisotopic (exact) mass is 316 g/mol. The maximum absolute atomic E-state index is 12.4. The maximum Gasteiger partial charge on any atom is 0.338 e. The van der Waals surface area contributed by atoms with Crippen molar-refractivity contribution in [2.24, 2.45) is 23.2 Å². The molecule has 0 radical (unpaired) electrons.